The highest BCUT2D eigenvalue weighted by atomic mass is 35.5. The number of benzene rings is 2. The standard InChI is InChI=1S/C37H52ClN11O5/c1-6-22(4)30(35(53)45-28(31(39)50)19-24-12-8-7-9-13-24)47-34(52)29(18-21(2)3)46-33(51)27(16-11-17-42-37(40)41)44-36(54)32-43-23(5)49(48-32)26-15-10-14-25(38)20-26/h7-10,12-15,20-22,27-30H,6,11,16-19H2,1-5H3,(H2,39,50)(H,44,54)(H,45,53)(H,46,51)(H,47,52)(H4,40,41,42)/t22-,27-,28-,29-,30-/m0/s1. The largest absolute Gasteiger partial charge is 0.370 e. The average molecular weight is 766 g/mol. The summed E-state index contributed by atoms with van der Waals surface area (Å²) in [4.78, 5) is 75.5. The van der Waals surface area contributed by atoms with Gasteiger partial charge in [0, 0.05) is 18.0 Å². The minimum Gasteiger partial charge on any atom is -0.370 e. The number of aryl methyl sites for hydroxylation is 1. The van der Waals surface area contributed by atoms with E-state index in [1.54, 1.807) is 38.1 Å². The summed E-state index contributed by atoms with van der Waals surface area (Å²) in [5.74, 6) is -3.60. The van der Waals surface area contributed by atoms with Crippen LogP contribution in [0.3, 0.4) is 0 Å². The summed E-state index contributed by atoms with van der Waals surface area (Å²) in [5, 5.41) is 15.8. The molecule has 2 aromatic carbocycles. The second-order valence-electron chi connectivity index (χ2n) is 13.6. The Labute approximate surface area is 320 Å². The molecule has 0 radical (unpaired) electrons. The topological polar surface area (TPSA) is 255 Å². The molecule has 0 fully saturated rings. The van der Waals surface area contributed by atoms with Gasteiger partial charge in [0.15, 0.2) is 5.96 Å². The van der Waals surface area contributed by atoms with Crippen LogP contribution in [0.2, 0.25) is 5.02 Å². The third-order valence-electron chi connectivity index (χ3n) is 8.67. The Bertz CT molecular complexity index is 1780. The summed E-state index contributed by atoms with van der Waals surface area (Å²) in [5.41, 5.74) is 18.0. The molecule has 5 amide bonds. The van der Waals surface area contributed by atoms with Crippen molar-refractivity contribution in [1.29, 1.82) is 0 Å². The number of rotatable bonds is 20. The van der Waals surface area contributed by atoms with E-state index >= 15 is 0 Å². The first kappa shape index (κ1) is 42.9. The van der Waals surface area contributed by atoms with Crippen molar-refractivity contribution >= 4 is 47.1 Å². The fraction of sp³-hybridized carbons (Fsp3) is 0.459. The van der Waals surface area contributed by atoms with E-state index in [4.69, 9.17) is 28.8 Å². The number of aromatic nitrogens is 3. The Balaban J connectivity index is 1.82. The second-order valence-corrected chi connectivity index (χ2v) is 14.0. The molecule has 0 saturated heterocycles. The van der Waals surface area contributed by atoms with Gasteiger partial charge < -0.3 is 38.5 Å². The van der Waals surface area contributed by atoms with E-state index in [1.807, 2.05) is 51.1 Å². The maximum atomic E-state index is 13.9. The number of carbonyl (C=O) groups excluding carboxylic acids is 5. The molecule has 0 saturated carbocycles. The van der Waals surface area contributed by atoms with Crippen LogP contribution in [-0.4, -0.2) is 81.0 Å². The number of primary amides is 1. The van der Waals surface area contributed by atoms with Gasteiger partial charge in [-0.2, -0.15) is 0 Å². The number of amides is 5. The molecule has 17 heteroatoms. The first-order chi connectivity index (χ1) is 25.6. The van der Waals surface area contributed by atoms with Crippen molar-refractivity contribution in [2.24, 2.45) is 34.0 Å². The van der Waals surface area contributed by atoms with Crippen molar-refractivity contribution in [2.45, 2.75) is 90.9 Å². The fourth-order valence-corrected chi connectivity index (χ4v) is 5.78. The molecular weight excluding hydrogens is 714 g/mol. The number of hydrogen-bond donors (Lipinski definition) is 7. The molecule has 0 aliphatic rings. The zero-order chi connectivity index (χ0) is 39.9. The van der Waals surface area contributed by atoms with Crippen LogP contribution in [0.1, 0.15) is 75.4 Å². The lowest BCUT2D eigenvalue weighted by Gasteiger charge is -2.29. The van der Waals surface area contributed by atoms with E-state index in [0.717, 1.165) is 5.56 Å². The highest BCUT2D eigenvalue weighted by Gasteiger charge is 2.34. The summed E-state index contributed by atoms with van der Waals surface area (Å²) >= 11 is 6.14. The predicted octanol–water partition coefficient (Wildman–Crippen LogP) is 1.66. The Morgan fingerprint density at radius 2 is 1.52 bits per heavy atom. The van der Waals surface area contributed by atoms with E-state index in [-0.39, 0.29) is 49.4 Å². The van der Waals surface area contributed by atoms with Crippen LogP contribution < -0.4 is 38.5 Å². The smallest absolute Gasteiger partial charge is 0.291 e. The van der Waals surface area contributed by atoms with Gasteiger partial charge in [-0.25, -0.2) is 9.67 Å². The molecule has 5 atom stereocenters. The van der Waals surface area contributed by atoms with Crippen LogP contribution in [0.25, 0.3) is 5.69 Å². The molecule has 1 aromatic heterocycles. The Morgan fingerprint density at radius 1 is 0.852 bits per heavy atom. The van der Waals surface area contributed by atoms with Crippen molar-refractivity contribution in [2.75, 3.05) is 6.54 Å². The number of nitrogens with two attached hydrogens (primary N) is 3. The van der Waals surface area contributed by atoms with Crippen LogP contribution in [0, 0.1) is 18.8 Å². The van der Waals surface area contributed by atoms with Crippen molar-refractivity contribution in [3.05, 3.63) is 76.8 Å². The minimum atomic E-state index is -1.14. The maximum Gasteiger partial charge on any atom is 0.291 e. The number of carbonyl (C=O) groups is 5. The Hall–Kier alpha value is -5.51. The van der Waals surface area contributed by atoms with E-state index in [9.17, 15) is 24.0 Å². The summed E-state index contributed by atoms with van der Waals surface area (Å²) in [7, 11) is 0. The first-order valence-electron chi connectivity index (χ1n) is 17.9. The Morgan fingerprint density at radius 3 is 2.13 bits per heavy atom. The van der Waals surface area contributed by atoms with Crippen LogP contribution in [0.15, 0.2) is 59.6 Å². The van der Waals surface area contributed by atoms with Gasteiger partial charge in [0.1, 0.15) is 30.0 Å². The molecule has 0 aliphatic carbocycles. The van der Waals surface area contributed by atoms with Gasteiger partial charge >= 0.3 is 0 Å². The lowest BCUT2D eigenvalue weighted by Crippen LogP contribution is -2.59. The molecule has 292 valence electrons. The number of hydrogen-bond acceptors (Lipinski definition) is 8. The zero-order valence-corrected chi connectivity index (χ0v) is 32.1. The first-order valence-corrected chi connectivity index (χ1v) is 18.3. The van der Waals surface area contributed by atoms with Gasteiger partial charge in [0.25, 0.3) is 5.91 Å². The van der Waals surface area contributed by atoms with Crippen LogP contribution in [0.5, 0.6) is 0 Å². The highest BCUT2D eigenvalue weighted by molar-refractivity contribution is 6.30. The van der Waals surface area contributed by atoms with Gasteiger partial charge in [0.05, 0.1) is 5.69 Å². The van der Waals surface area contributed by atoms with Gasteiger partial charge in [0.2, 0.25) is 29.5 Å². The summed E-state index contributed by atoms with van der Waals surface area (Å²) in [6.07, 6.45) is 1.31. The lowest BCUT2D eigenvalue weighted by molar-refractivity contribution is -0.134. The molecule has 1 heterocycles. The Kier molecular flexibility index (Phi) is 16.4. The van der Waals surface area contributed by atoms with E-state index in [1.165, 1.54) is 4.68 Å². The van der Waals surface area contributed by atoms with Crippen molar-refractivity contribution in [3.8, 4) is 5.69 Å². The summed E-state index contributed by atoms with van der Waals surface area (Å²) < 4.78 is 1.45. The van der Waals surface area contributed by atoms with Gasteiger partial charge in [-0.1, -0.05) is 82.1 Å². The normalized spacial score (nSPS) is 13.8. The zero-order valence-electron chi connectivity index (χ0n) is 31.3. The number of aliphatic imine (C=N–C) groups is 1. The van der Waals surface area contributed by atoms with E-state index < -0.39 is 53.7 Å². The minimum absolute atomic E-state index is 0.0559. The molecule has 0 bridgehead atoms. The number of halogens is 1. The van der Waals surface area contributed by atoms with Crippen LogP contribution in [-0.2, 0) is 25.6 Å². The average Bonchev–Trinajstić information content (AvgIpc) is 3.52. The van der Waals surface area contributed by atoms with E-state index in [0.29, 0.717) is 29.4 Å². The highest BCUT2D eigenvalue weighted by Crippen LogP contribution is 2.16. The summed E-state index contributed by atoms with van der Waals surface area (Å²) in [6, 6.07) is 11.7. The third-order valence-corrected chi connectivity index (χ3v) is 8.90. The quantitative estimate of drug-likeness (QED) is 0.0501. The van der Waals surface area contributed by atoms with Gasteiger partial charge in [-0.15, -0.1) is 5.10 Å². The molecule has 0 spiro atoms. The third kappa shape index (κ3) is 13.2. The molecule has 3 aromatic rings. The summed E-state index contributed by atoms with van der Waals surface area (Å²) in [6.45, 7) is 9.27. The monoisotopic (exact) mass is 765 g/mol. The van der Waals surface area contributed by atoms with Gasteiger partial charge in [-0.3, -0.25) is 29.0 Å². The van der Waals surface area contributed by atoms with Crippen molar-refractivity contribution in [3.63, 3.8) is 0 Å². The predicted molar refractivity (Wildman–Crippen MR) is 206 cm³/mol. The molecule has 0 unspecified atom stereocenters. The molecule has 10 N–H and O–H groups in total. The van der Waals surface area contributed by atoms with Crippen molar-refractivity contribution < 1.29 is 24.0 Å². The number of nitrogens with zero attached hydrogens (tertiary/aromatic N) is 4. The van der Waals surface area contributed by atoms with Gasteiger partial charge in [-0.05, 0) is 61.8 Å². The lowest BCUT2D eigenvalue weighted by atomic mass is 9.95. The molecule has 16 nitrogen and oxygen atoms in total. The number of nitrogens with one attached hydrogen (secondary N) is 4. The van der Waals surface area contributed by atoms with Crippen molar-refractivity contribution in [1.82, 2.24) is 36.0 Å². The SMILES string of the molecule is CC[C@H](C)[C@H](NC(=O)[C@H](CC(C)C)NC(=O)[C@H](CCCN=C(N)N)NC(=O)c1nc(C)n(-c2cccc(Cl)c2)n1)C(=O)N[C@@H](Cc1ccccc1)C(N)=O. The fourth-order valence-electron chi connectivity index (χ4n) is 5.60. The molecular formula is C37H52ClN11O5. The maximum absolute atomic E-state index is 13.9. The molecule has 3 rings (SSSR count). The molecule has 54 heavy (non-hydrogen) atoms. The second kappa shape index (κ2) is 20.7. The van der Waals surface area contributed by atoms with E-state index in [2.05, 4.69) is 36.3 Å². The molecule has 0 aliphatic heterocycles. The van der Waals surface area contributed by atoms with Crippen LogP contribution >= 0.6 is 11.6 Å². The van der Waals surface area contributed by atoms with Crippen LogP contribution in [0.4, 0.5) is 0 Å². The number of guanidine groups is 1.